The molecule has 0 atom stereocenters. The highest BCUT2D eigenvalue weighted by Gasteiger charge is 2.05. The molecule has 0 saturated heterocycles. The Morgan fingerprint density at radius 2 is 1.13 bits per heavy atom. The maximum absolute atomic E-state index is 5.72. The molecule has 3 aromatic carbocycles. The molecule has 0 aromatic heterocycles. The Morgan fingerprint density at radius 1 is 0.696 bits per heavy atom. The summed E-state index contributed by atoms with van der Waals surface area (Å²) in [6.45, 7) is 0. The van der Waals surface area contributed by atoms with Crippen LogP contribution < -0.4 is 5.41 Å². The third-order valence-corrected chi connectivity index (χ3v) is 3.92. The van der Waals surface area contributed by atoms with Crippen LogP contribution in [0.3, 0.4) is 0 Å². The van der Waals surface area contributed by atoms with Crippen molar-refractivity contribution in [3.05, 3.63) is 84.4 Å². The van der Waals surface area contributed by atoms with E-state index >= 15 is 0 Å². The molecular formula is C21H20NO+. The zero-order valence-corrected chi connectivity index (χ0v) is 13.2. The molecule has 0 spiro atoms. The van der Waals surface area contributed by atoms with Gasteiger partial charge in [-0.05, 0) is 27.8 Å². The predicted octanol–water partition coefficient (Wildman–Crippen LogP) is 3.37. The Kier molecular flexibility index (Phi) is 4.53. The molecule has 0 saturated carbocycles. The highest BCUT2D eigenvalue weighted by molar-refractivity contribution is 5.74. The van der Waals surface area contributed by atoms with Gasteiger partial charge in [-0.25, -0.2) is 5.41 Å². The van der Waals surface area contributed by atoms with Crippen LogP contribution in [0.25, 0.3) is 22.3 Å². The first kappa shape index (κ1) is 15.0. The monoisotopic (exact) mass is 302 g/mol. The second kappa shape index (κ2) is 6.93. The lowest BCUT2D eigenvalue weighted by Gasteiger charge is -2.06. The number of rotatable bonds is 4. The van der Waals surface area contributed by atoms with Crippen LogP contribution in [0.2, 0.25) is 0 Å². The molecule has 0 radical (unpaired) electrons. The van der Waals surface area contributed by atoms with Gasteiger partial charge in [0.15, 0.2) is 0 Å². The molecule has 0 unspecified atom stereocenters. The van der Waals surface area contributed by atoms with E-state index in [1.807, 2.05) is 6.07 Å². The Hall–Kier alpha value is -2.87. The summed E-state index contributed by atoms with van der Waals surface area (Å²) >= 11 is 0. The van der Waals surface area contributed by atoms with Gasteiger partial charge in [0.2, 0.25) is 0 Å². The summed E-state index contributed by atoms with van der Waals surface area (Å²) in [7, 11) is 1.60. The van der Waals surface area contributed by atoms with Crippen LogP contribution in [-0.2, 0) is 11.2 Å². The Labute approximate surface area is 136 Å². The van der Waals surface area contributed by atoms with E-state index in [4.69, 9.17) is 10.1 Å². The highest BCUT2D eigenvalue weighted by atomic mass is 16.5. The van der Waals surface area contributed by atoms with Crippen molar-refractivity contribution in [2.75, 3.05) is 7.11 Å². The second-order valence-electron chi connectivity index (χ2n) is 5.49. The van der Waals surface area contributed by atoms with Crippen molar-refractivity contribution in [1.82, 2.24) is 0 Å². The van der Waals surface area contributed by atoms with Crippen molar-refractivity contribution < 1.29 is 10.1 Å². The van der Waals surface area contributed by atoms with E-state index in [9.17, 15) is 0 Å². The van der Waals surface area contributed by atoms with Gasteiger partial charge < -0.3 is 4.74 Å². The molecular weight excluding hydrogens is 282 g/mol. The normalized spacial score (nSPS) is 10.3. The van der Waals surface area contributed by atoms with Gasteiger partial charge in [0.25, 0.3) is 0 Å². The zero-order chi connectivity index (χ0) is 16.1. The molecule has 3 aromatic rings. The molecule has 114 valence electrons. The SMILES string of the molecule is COC(=[NH2+])Cc1ccc(-c2ccc(-c3ccccc3)cc2)cc1. The minimum Gasteiger partial charge on any atom is -0.451 e. The average Bonchev–Trinajstić information content (AvgIpc) is 2.63. The number of benzene rings is 3. The number of methoxy groups -OCH3 is 1. The molecule has 0 bridgehead atoms. The number of nitrogens with two attached hydrogens (primary N) is 1. The van der Waals surface area contributed by atoms with Crippen molar-refractivity contribution in [3.8, 4) is 22.3 Å². The van der Waals surface area contributed by atoms with E-state index < -0.39 is 0 Å². The molecule has 0 aliphatic carbocycles. The first-order chi connectivity index (χ1) is 11.3. The topological polar surface area (TPSA) is 34.8 Å². The third kappa shape index (κ3) is 3.67. The lowest BCUT2D eigenvalue weighted by molar-refractivity contribution is -0.139. The minimum absolute atomic E-state index is 0.532. The summed E-state index contributed by atoms with van der Waals surface area (Å²) in [5.41, 5.74) is 6.02. The highest BCUT2D eigenvalue weighted by Crippen LogP contribution is 2.25. The molecule has 0 heterocycles. The van der Waals surface area contributed by atoms with E-state index in [0.717, 1.165) is 5.56 Å². The summed E-state index contributed by atoms with van der Waals surface area (Å²) in [5, 5.41) is 5.72. The number of hydrogen-bond donors (Lipinski definition) is 1. The number of hydrogen-bond acceptors (Lipinski definition) is 1. The first-order valence-corrected chi connectivity index (χ1v) is 7.66. The fourth-order valence-electron chi connectivity index (χ4n) is 2.57. The van der Waals surface area contributed by atoms with Crippen LogP contribution in [-0.4, -0.2) is 13.0 Å². The van der Waals surface area contributed by atoms with Crippen molar-refractivity contribution in [3.63, 3.8) is 0 Å². The largest absolute Gasteiger partial charge is 0.451 e. The van der Waals surface area contributed by atoms with Gasteiger partial charge >= 0.3 is 5.90 Å². The smallest absolute Gasteiger partial charge is 0.337 e. The second-order valence-corrected chi connectivity index (χ2v) is 5.49. The van der Waals surface area contributed by atoms with Crippen molar-refractivity contribution in [2.45, 2.75) is 6.42 Å². The summed E-state index contributed by atoms with van der Waals surface area (Å²) < 4.78 is 5.02. The molecule has 23 heavy (non-hydrogen) atoms. The zero-order valence-electron chi connectivity index (χ0n) is 13.2. The van der Waals surface area contributed by atoms with Crippen LogP contribution in [0.15, 0.2) is 78.9 Å². The molecule has 2 nitrogen and oxygen atoms in total. The van der Waals surface area contributed by atoms with Crippen molar-refractivity contribution >= 4 is 5.90 Å². The van der Waals surface area contributed by atoms with Gasteiger partial charge in [-0.3, -0.25) is 0 Å². The lowest BCUT2D eigenvalue weighted by atomic mass is 9.99. The predicted molar refractivity (Wildman–Crippen MR) is 95.0 cm³/mol. The van der Waals surface area contributed by atoms with E-state index in [1.165, 1.54) is 22.3 Å². The van der Waals surface area contributed by atoms with E-state index in [0.29, 0.717) is 12.3 Å². The van der Waals surface area contributed by atoms with Crippen molar-refractivity contribution in [1.29, 1.82) is 0 Å². The Morgan fingerprint density at radius 3 is 1.61 bits per heavy atom. The van der Waals surface area contributed by atoms with E-state index in [2.05, 4.69) is 72.8 Å². The minimum atomic E-state index is 0.532. The first-order valence-electron chi connectivity index (χ1n) is 7.66. The molecule has 3 rings (SSSR count). The number of ether oxygens (including phenoxy) is 1. The maximum Gasteiger partial charge on any atom is 0.337 e. The molecule has 0 aliphatic rings. The average molecular weight is 302 g/mol. The van der Waals surface area contributed by atoms with Gasteiger partial charge in [-0.1, -0.05) is 78.9 Å². The van der Waals surface area contributed by atoms with Crippen LogP contribution in [0, 0.1) is 0 Å². The van der Waals surface area contributed by atoms with Gasteiger partial charge in [-0.2, -0.15) is 0 Å². The molecule has 0 amide bonds. The van der Waals surface area contributed by atoms with Crippen LogP contribution >= 0.6 is 0 Å². The van der Waals surface area contributed by atoms with Crippen LogP contribution in [0.4, 0.5) is 0 Å². The molecule has 0 fully saturated rings. The maximum atomic E-state index is 5.72. The standard InChI is InChI=1S/C21H19NO/c1-23-21(22)15-16-7-9-18(10-8-16)20-13-11-19(12-14-20)17-5-3-2-4-6-17/h2-14,22H,15H2,1H3/p+1. The van der Waals surface area contributed by atoms with E-state index in [-0.39, 0.29) is 0 Å². The summed E-state index contributed by atoms with van der Waals surface area (Å²) in [5.74, 6) is 0.532. The fourth-order valence-corrected chi connectivity index (χ4v) is 2.57. The van der Waals surface area contributed by atoms with Gasteiger partial charge in [0.1, 0.15) is 0 Å². The Bertz CT molecular complexity index is 774. The third-order valence-electron chi connectivity index (χ3n) is 3.92. The Balaban J connectivity index is 1.78. The quantitative estimate of drug-likeness (QED) is 0.582. The lowest BCUT2D eigenvalue weighted by Crippen LogP contribution is -2.42. The summed E-state index contributed by atoms with van der Waals surface area (Å²) in [4.78, 5) is 0. The van der Waals surface area contributed by atoms with E-state index in [1.54, 1.807) is 7.11 Å². The van der Waals surface area contributed by atoms with Gasteiger partial charge in [0, 0.05) is 0 Å². The molecule has 0 aliphatic heterocycles. The summed E-state index contributed by atoms with van der Waals surface area (Å²) in [6.07, 6.45) is 0.643. The van der Waals surface area contributed by atoms with Crippen LogP contribution in [0.1, 0.15) is 5.56 Å². The fraction of sp³-hybridized carbons (Fsp3) is 0.0952. The van der Waals surface area contributed by atoms with Gasteiger partial charge in [-0.15, -0.1) is 0 Å². The van der Waals surface area contributed by atoms with Gasteiger partial charge in [0.05, 0.1) is 13.5 Å². The van der Waals surface area contributed by atoms with Crippen LogP contribution in [0.5, 0.6) is 0 Å². The molecule has 2 heteroatoms. The molecule has 2 N–H and O–H groups in total. The summed E-state index contributed by atoms with van der Waals surface area (Å²) in [6, 6.07) is 27.5. The van der Waals surface area contributed by atoms with Crippen molar-refractivity contribution in [2.24, 2.45) is 0 Å².